The Bertz CT molecular complexity index is 649. The zero-order chi connectivity index (χ0) is 14.8. The van der Waals surface area contributed by atoms with Gasteiger partial charge in [-0.1, -0.05) is 36.4 Å². The summed E-state index contributed by atoms with van der Waals surface area (Å²) in [6, 6.07) is 16.2. The van der Waals surface area contributed by atoms with Gasteiger partial charge in [-0.3, -0.25) is 10.1 Å². The van der Waals surface area contributed by atoms with Gasteiger partial charge in [-0.2, -0.15) is 0 Å². The molecule has 0 radical (unpaired) electrons. The summed E-state index contributed by atoms with van der Waals surface area (Å²) in [6.45, 7) is 1.76. The standard InChI is InChI=1S/C17H18N2O2/c1-12-7-8-15(11-17(12)19(20)21)18-16-9-14(10-16)13-5-3-2-4-6-13/h2-8,11,14,16,18H,9-10H2,1H3. The topological polar surface area (TPSA) is 55.2 Å². The van der Waals surface area contributed by atoms with E-state index in [1.807, 2.05) is 12.1 Å². The molecule has 1 saturated carbocycles. The van der Waals surface area contributed by atoms with Crippen LogP contribution < -0.4 is 5.32 Å². The van der Waals surface area contributed by atoms with Crippen molar-refractivity contribution in [2.75, 3.05) is 5.32 Å². The Labute approximate surface area is 124 Å². The average Bonchev–Trinajstić information content (AvgIpc) is 2.44. The molecule has 0 aliphatic heterocycles. The van der Waals surface area contributed by atoms with Crippen LogP contribution in [0.15, 0.2) is 48.5 Å². The molecule has 0 saturated heterocycles. The van der Waals surface area contributed by atoms with Gasteiger partial charge in [0, 0.05) is 23.4 Å². The molecular weight excluding hydrogens is 264 g/mol. The van der Waals surface area contributed by atoms with Crippen molar-refractivity contribution in [3.8, 4) is 0 Å². The van der Waals surface area contributed by atoms with Gasteiger partial charge in [0.25, 0.3) is 5.69 Å². The second-order valence-corrected chi connectivity index (χ2v) is 5.68. The van der Waals surface area contributed by atoms with Crippen molar-refractivity contribution in [1.82, 2.24) is 0 Å². The minimum absolute atomic E-state index is 0.180. The minimum Gasteiger partial charge on any atom is -0.382 e. The van der Waals surface area contributed by atoms with Gasteiger partial charge in [0.2, 0.25) is 0 Å². The van der Waals surface area contributed by atoms with E-state index < -0.39 is 0 Å². The Morgan fingerprint density at radius 3 is 2.52 bits per heavy atom. The van der Waals surface area contributed by atoms with Crippen LogP contribution in [0.3, 0.4) is 0 Å². The van der Waals surface area contributed by atoms with Gasteiger partial charge >= 0.3 is 0 Å². The zero-order valence-corrected chi connectivity index (χ0v) is 12.0. The van der Waals surface area contributed by atoms with E-state index in [9.17, 15) is 10.1 Å². The van der Waals surface area contributed by atoms with E-state index in [2.05, 4.69) is 29.6 Å². The summed E-state index contributed by atoms with van der Waals surface area (Å²) < 4.78 is 0. The van der Waals surface area contributed by atoms with Crippen molar-refractivity contribution < 1.29 is 4.92 Å². The van der Waals surface area contributed by atoms with Crippen molar-refractivity contribution in [1.29, 1.82) is 0 Å². The van der Waals surface area contributed by atoms with Crippen LogP contribution in [-0.2, 0) is 0 Å². The van der Waals surface area contributed by atoms with E-state index in [0.717, 1.165) is 18.5 Å². The van der Waals surface area contributed by atoms with Crippen LogP contribution in [0.5, 0.6) is 0 Å². The first kappa shape index (κ1) is 13.6. The second-order valence-electron chi connectivity index (χ2n) is 5.68. The number of hydrogen-bond donors (Lipinski definition) is 1. The van der Waals surface area contributed by atoms with E-state index in [1.165, 1.54) is 5.56 Å². The smallest absolute Gasteiger partial charge is 0.274 e. The number of nitrogens with zero attached hydrogens (tertiary/aromatic N) is 1. The summed E-state index contributed by atoms with van der Waals surface area (Å²) in [7, 11) is 0. The Morgan fingerprint density at radius 2 is 1.86 bits per heavy atom. The third-order valence-corrected chi connectivity index (χ3v) is 4.19. The van der Waals surface area contributed by atoms with Crippen molar-refractivity contribution in [2.45, 2.75) is 31.7 Å². The number of rotatable bonds is 4. The SMILES string of the molecule is Cc1ccc(NC2CC(c3ccccc3)C2)cc1[N+](=O)[O-]. The number of nitrogens with one attached hydrogen (secondary N) is 1. The highest BCUT2D eigenvalue weighted by atomic mass is 16.6. The normalized spacial score (nSPS) is 20.6. The predicted octanol–water partition coefficient (Wildman–Crippen LogP) is 4.26. The molecule has 1 aliphatic carbocycles. The fourth-order valence-corrected chi connectivity index (χ4v) is 2.86. The molecule has 1 fully saturated rings. The molecule has 108 valence electrons. The van der Waals surface area contributed by atoms with E-state index in [-0.39, 0.29) is 10.6 Å². The summed E-state index contributed by atoms with van der Waals surface area (Å²) in [5.41, 5.74) is 3.09. The maximum absolute atomic E-state index is 11.0. The van der Waals surface area contributed by atoms with Crippen molar-refractivity contribution in [3.05, 3.63) is 69.8 Å². The Morgan fingerprint density at radius 1 is 1.14 bits per heavy atom. The van der Waals surface area contributed by atoms with Crippen LogP contribution in [0, 0.1) is 17.0 Å². The zero-order valence-electron chi connectivity index (χ0n) is 12.0. The van der Waals surface area contributed by atoms with E-state index in [1.54, 1.807) is 19.1 Å². The highest BCUT2D eigenvalue weighted by Gasteiger charge is 2.30. The van der Waals surface area contributed by atoms with Gasteiger partial charge in [0.15, 0.2) is 0 Å². The monoisotopic (exact) mass is 282 g/mol. The van der Waals surface area contributed by atoms with Crippen LogP contribution in [0.25, 0.3) is 0 Å². The Kier molecular flexibility index (Phi) is 3.60. The fraction of sp³-hybridized carbons (Fsp3) is 0.294. The average molecular weight is 282 g/mol. The maximum atomic E-state index is 11.0. The first-order valence-corrected chi connectivity index (χ1v) is 7.20. The van der Waals surface area contributed by atoms with E-state index >= 15 is 0 Å². The number of hydrogen-bond acceptors (Lipinski definition) is 3. The summed E-state index contributed by atoms with van der Waals surface area (Å²) in [5, 5.41) is 14.4. The molecule has 0 atom stereocenters. The van der Waals surface area contributed by atoms with E-state index in [0.29, 0.717) is 17.5 Å². The molecule has 0 unspecified atom stereocenters. The van der Waals surface area contributed by atoms with Gasteiger partial charge in [0.1, 0.15) is 0 Å². The summed E-state index contributed by atoms with van der Waals surface area (Å²) in [6.07, 6.45) is 2.15. The first-order chi connectivity index (χ1) is 10.1. The summed E-state index contributed by atoms with van der Waals surface area (Å²) >= 11 is 0. The lowest BCUT2D eigenvalue weighted by Crippen LogP contribution is -2.33. The van der Waals surface area contributed by atoms with Gasteiger partial charge in [-0.25, -0.2) is 0 Å². The molecule has 0 bridgehead atoms. The fourth-order valence-electron chi connectivity index (χ4n) is 2.86. The number of nitro benzene ring substituents is 1. The predicted molar refractivity (Wildman–Crippen MR) is 83.7 cm³/mol. The van der Waals surface area contributed by atoms with Crippen molar-refractivity contribution in [3.63, 3.8) is 0 Å². The molecular formula is C17H18N2O2. The Balaban J connectivity index is 1.62. The molecule has 1 aliphatic rings. The van der Waals surface area contributed by atoms with E-state index in [4.69, 9.17) is 0 Å². The van der Waals surface area contributed by atoms with Crippen LogP contribution >= 0.6 is 0 Å². The highest BCUT2D eigenvalue weighted by Crippen LogP contribution is 2.38. The van der Waals surface area contributed by atoms with Gasteiger partial charge in [-0.05, 0) is 37.3 Å². The van der Waals surface area contributed by atoms with Crippen molar-refractivity contribution in [2.24, 2.45) is 0 Å². The number of aryl methyl sites for hydroxylation is 1. The summed E-state index contributed by atoms with van der Waals surface area (Å²) in [5.74, 6) is 0.601. The van der Waals surface area contributed by atoms with Crippen LogP contribution in [0.2, 0.25) is 0 Å². The number of benzene rings is 2. The minimum atomic E-state index is -0.325. The molecule has 21 heavy (non-hydrogen) atoms. The first-order valence-electron chi connectivity index (χ1n) is 7.20. The van der Waals surface area contributed by atoms with Crippen LogP contribution in [0.1, 0.15) is 29.9 Å². The lowest BCUT2D eigenvalue weighted by Gasteiger charge is -2.36. The Hall–Kier alpha value is -2.36. The molecule has 4 nitrogen and oxygen atoms in total. The molecule has 0 aromatic heterocycles. The quantitative estimate of drug-likeness (QED) is 0.673. The molecule has 2 aromatic rings. The van der Waals surface area contributed by atoms with Gasteiger partial charge < -0.3 is 5.32 Å². The van der Waals surface area contributed by atoms with Crippen molar-refractivity contribution >= 4 is 11.4 Å². The lowest BCUT2D eigenvalue weighted by atomic mass is 9.76. The van der Waals surface area contributed by atoms with Crippen LogP contribution in [0.4, 0.5) is 11.4 Å². The molecule has 0 amide bonds. The maximum Gasteiger partial charge on any atom is 0.274 e. The molecule has 2 aromatic carbocycles. The van der Waals surface area contributed by atoms with Crippen LogP contribution in [-0.4, -0.2) is 11.0 Å². The molecule has 0 heterocycles. The third kappa shape index (κ3) is 2.89. The molecule has 4 heteroatoms. The van der Waals surface area contributed by atoms with Gasteiger partial charge in [0.05, 0.1) is 4.92 Å². The largest absolute Gasteiger partial charge is 0.382 e. The third-order valence-electron chi connectivity index (χ3n) is 4.19. The number of anilines is 1. The lowest BCUT2D eigenvalue weighted by molar-refractivity contribution is -0.385. The molecule has 1 N–H and O–H groups in total. The number of nitro groups is 1. The van der Waals surface area contributed by atoms with Gasteiger partial charge in [-0.15, -0.1) is 0 Å². The summed E-state index contributed by atoms with van der Waals surface area (Å²) in [4.78, 5) is 10.6. The molecule has 3 rings (SSSR count). The highest BCUT2D eigenvalue weighted by molar-refractivity contribution is 5.55. The molecule has 0 spiro atoms. The second kappa shape index (κ2) is 5.56.